The number of rotatable bonds is 5. The standard InChI is InChI=1S/C21H22N6O3/c1-14(28)15-6-7-18(19(12-15)27(29)30)26-10-8-25(9-11-26)13-20-23-17-5-3-2-4-16(17)21(22)24-20/h2-7,12H,8-11,13H2,1H3,(H2,22,23,24). The molecular weight excluding hydrogens is 384 g/mol. The molecular formula is C21H22N6O3. The van der Waals surface area contributed by atoms with Gasteiger partial charge in [0, 0.05) is 43.2 Å². The van der Waals surface area contributed by atoms with Crippen LogP contribution in [0.3, 0.4) is 0 Å². The first-order valence-electron chi connectivity index (χ1n) is 9.70. The van der Waals surface area contributed by atoms with Crippen LogP contribution in [0.1, 0.15) is 23.1 Å². The number of piperazine rings is 1. The molecule has 2 aromatic carbocycles. The highest BCUT2D eigenvalue weighted by Gasteiger charge is 2.25. The molecule has 154 valence electrons. The van der Waals surface area contributed by atoms with E-state index in [9.17, 15) is 14.9 Å². The van der Waals surface area contributed by atoms with E-state index in [0.29, 0.717) is 55.6 Å². The number of Topliss-reactive ketones (excluding diaryl/α,β-unsaturated/α-hetero) is 1. The number of benzene rings is 2. The van der Waals surface area contributed by atoms with Gasteiger partial charge < -0.3 is 10.6 Å². The minimum atomic E-state index is -0.431. The Morgan fingerprint density at radius 3 is 2.57 bits per heavy atom. The Morgan fingerprint density at radius 1 is 1.13 bits per heavy atom. The third-order valence-electron chi connectivity index (χ3n) is 5.34. The van der Waals surface area contributed by atoms with Crippen LogP contribution in [-0.2, 0) is 6.54 Å². The van der Waals surface area contributed by atoms with Crippen LogP contribution in [0.5, 0.6) is 0 Å². The molecule has 0 atom stereocenters. The second-order valence-electron chi connectivity index (χ2n) is 7.32. The van der Waals surface area contributed by atoms with Crippen LogP contribution < -0.4 is 10.6 Å². The topological polar surface area (TPSA) is 118 Å². The molecule has 30 heavy (non-hydrogen) atoms. The molecule has 2 N–H and O–H groups in total. The quantitative estimate of drug-likeness (QED) is 0.390. The van der Waals surface area contributed by atoms with Crippen LogP contribution in [0.15, 0.2) is 42.5 Å². The molecule has 0 aliphatic carbocycles. The van der Waals surface area contributed by atoms with Gasteiger partial charge in [-0.1, -0.05) is 12.1 Å². The lowest BCUT2D eigenvalue weighted by Crippen LogP contribution is -2.46. The second kappa shape index (κ2) is 8.03. The van der Waals surface area contributed by atoms with Gasteiger partial charge >= 0.3 is 0 Å². The number of ketones is 1. The minimum Gasteiger partial charge on any atom is -0.383 e. The van der Waals surface area contributed by atoms with Crippen LogP contribution in [0.25, 0.3) is 10.9 Å². The van der Waals surface area contributed by atoms with E-state index < -0.39 is 4.92 Å². The van der Waals surface area contributed by atoms with Gasteiger partial charge in [0.25, 0.3) is 5.69 Å². The van der Waals surface area contributed by atoms with Crippen LogP contribution in [0.4, 0.5) is 17.2 Å². The molecule has 1 aliphatic rings. The maximum absolute atomic E-state index is 11.6. The van der Waals surface area contributed by atoms with Gasteiger partial charge in [0.2, 0.25) is 0 Å². The Balaban J connectivity index is 1.47. The van der Waals surface area contributed by atoms with Crippen molar-refractivity contribution in [3.8, 4) is 0 Å². The van der Waals surface area contributed by atoms with Crippen molar-refractivity contribution in [2.45, 2.75) is 13.5 Å². The number of anilines is 2. The molecule has 0 amide bonds. The summed E-state index contributed by atoms with van der Waals surface area (Å²) in [7, 11) is 0. The van der Waals surface area contributed by atoms with E-state index in [-0.39, 0.29) is 11.5 Å². The van der Waals surface area contributed by atoms with Crippen LogP contribution in [0.2, 0.25) is 0 Å². The molecule has 9 nitrogen and oxygen atoms in total. The summed E-state index contributed by atoms with van der Waals surface area (Å²) in [5.74, 6) is 0.941. The SMILES string of the molecule is CC(=O)c1ccc(N2CCN(Cc3nc(N)c4ccccc4n3)CC2)c([N+](=O)[O-])c1. The molecule has 0 bridgehead atoms. The van der Waals surface area contributed by atoms with E-state index in [0.717, 1.165) is 10.9 Å². The fourth-order valence-corrected chi connectivity index (χ4v) is 3.72. The highest BCUT2D eigenvalue weighted by atomic mass is 16.6. The summed E-state index contributed by atoms with van der Waals surface area (Å²) in [6.07, 6.45) is 0. The number of nitrogens with two attached hydrogens (primary N) is 1. The number of carbonyl (C=O) groups is 1. The lowest BCUT2D eigenvalue weighted by Gasteiger charge is -2.35. The third kappa shape index (κ3) is 3.92. The van der Waals surface area contributed by atoms with Gasteiger partial charge in [0.15, 0.2) is 5.78 Å². The van der Waals surface area contributed by atoms with Gasteiger partial charge in [-0.05, 0) is 31.2 Å². The molecule has 1 aliphatic heterocycles. The number of nitro benzene ring substituents is 1. The lowest BCUT2D eigenvalue weighted by atomic mass is 10.1. The lowest BCUT2D eigenvalue weighted by molar-refractivity contribution is -0.384. The fourth-order valence-electron chi connectivity index (χ4n) is 3.72. The summed E-state index contributed by atoms with van der Waals surface area (Å²) in [5.41, 5.74) is 7.73. The van der Waals surface area contributed by atoms with E-state index in [2.05, 4.69) is 14.9 Å². The Morgan fingerprint density at radius 2 is 1.87 bits per heavy atom. The fraction of sp³-hybridized carbons (Fsp3) is 0.286. The number of nitrogens with zero attached hydrogens (tertiary/aromatic N) is 5. The molecule has 0 spiro atoms. The van der Waals surface area contributed by atoms with Gasteiger partial charge in [0.05, 0.1) is 17.0 Å². The Labute approximate surface area is 173 Å². The smallest absolute Gasteiger partial charge is 0.293 e. The van der Waals surface area contributed by atoms with E-state index >= 15 is 0 Å². The maximum atomic E-state index is 11.6. The van der Waals surface area contributed by atoms with Crippen LogP contribution >= 0.6 is 0 Å². The van der Waals surface area contributed by atoms with Crippen molar-refractivity contribution in [3.63, 3.8) is 0 Å². The monoisotopic (exact) mass is 406 g/mol. The molecule has 1 saturated heterocycles. The zero-order chi connectivity index (χ0) is 21.3. The van der Waals surface area contributed by atoms with Crippen molar-refractivity contribution in [2.75, 3.05) is 36.8 Å². The van der Waals surface area contributed by atoms with E-state index in [1.54, 1.807) is 12.1 Å². The number of carbonyl (C=O) groups excluding carboxylic acids is 1. The van der Waals surface area contributed by atoms with E-state index in [1.807, 2.05) is 29.2 Å². The summed E-state index contributed by atoms with van der Waals surface area (Å²) < 4.78 is 0. The molecule has 0 saturated carbocycles. The Kier molecular flexibility index (Phi) is 5.28. The molecule has 1 fully saturated rings. The predicted molar refractivity (Wildman–Crippen MR) is 115 cm³/mol. The molecule has 0 radical (unpaired) electrons. The van der Waals surface area contributed by atoms with Crippen molar-refractivity contribution in [1.29, 1.82) is 0 Å². The normalized spacial score (nSPS) is 14.8. The van der Waals surface area contributed by atoms with Gasteiger partial charge in [-0.25, -0.2) is 9.97 Å². The second-order valence-corrected chi connectivity index (χ2v) is 7.32. The number of aromatic nitrogens is 2. The zero-order valence-corrected chi connectivity index (χ0v) is 16.6. The van der Waals surface area contributed by atoms with Crippen molar-refractivity contribution < 1.29 is 9.72 Å². The average Bonchev–Trinajstić information content (AvgIpc) is 2.74. The summed E-state index contributed by atoms with van der Waals surface area (Å²) >= 11 is 0. The number of nitrogen functional groups attached to an aromatic ring is 1. The zero-order valence-electron chi connectivity index (χ0n) is 16.6. The molecule has 2 heterocycles. The first kappa shape index (κ1) is 19.7. The van der Waals surface area contributed by atoms with Crippen molar-refractivity contribution in [2.24, 2.45) is 0 Å². The number of hydrogen-bond acceptors (Lipinski definition) is 8. The maximum Gasteiger partial charge on any atom is 0.293 e. The molecule has 4 rings (SSSR count). The summed E-state index contributed by atoms with van der Waals surface area (Å²) in [4.78, 5) is 35.9. The largest absolute Gasteiger partial charge is 0.383 e. The number of nitro groups is 1. The highest BCUT2D eigenvalue weighted by molar-refractivity contribution is 5.95. The third-order valence-corrected chi connectivity index (χ3v) is 5.34. The number of para-hydroxylation sites is 1. The number of fused-ring (bicyclic) bond motifs is 1. The highest BCUT2D eigenvalue weighted by Crippen LogP contribution is 2.30. The summed E-state index contributed by atoms with van der Waals surface area (Å²) in [6.45, 7) is 4.64. The van der Waals surface area contributed by atoms with Gasteiger partial charge in [0.1, 0.15) is 17.3 Å². The summed E-state index contributed by atoms with van der Waals surface area (Å²) in [5, 5.41) is 12.4. The van der Waals surface area contributed by atoms with Crippen LogP contribution in [-0.4, -0.2) is 51.8 Å². The Bertz CT molecular complexity index is 1120. The van der Waals surface area contributed by atoms with Crippen LogP contribution in [0, 0.1) is 10.1 Å². The van der Waals surface area contributed by atoms with Gasteiger partial charge in [-0.15, -0.1) is 0 Å². The first-order valence-corrected chi connectivity index (χ1v) is 9.70. The van der Waals surface area contributed by atoms with Crippen molar-refractivity contribution in [3.05, 3.63) is 64.0 Å². The molecule has 0 unspecified atom stereocenters. The van der Waals surface area contributed by atoms with Crippen molar-refractivity contribution in [1.82, 2.24) is 14.9 Å². The number of hydrogen-bond donors (Lipinski definition) is 1. The van der Waals surface area contributed by atoms with Gasteiger partial charge in [-0.3, -0.25) is 19.8 Å². The van der Waals surface area contributed by atoms with Gasteiger partial charge in [-0.2, -0.15) is 0 Å². The molecule has 3 aromatic rings. The Hall–Kier alpha value is -3.59. The predicted octanol–water partition coefficient (Wildman–Crippen LogP) is 2.65. The minimum absolute atomic E-state index is 0.0400. The van der Waals surface area contributed by atoms with E-state index in [1.165, 1.54) is 13.0 Å². The summed E-state index contributed by atoms with van der Waals surface area (Å²) in [6, 6.07) is 12.3. The molecule has 9 heteroatoms. The van der Waals surface area contributed by atoms with E-state index in [4.69, 9.17) is 5.73 Å². The first-order chi connectivity index (χ1) is 14.4. The average molecular weight is 406 g/mol. The molecule has 1 aromatic heterocycles. The van der Waals surface area contributed by atoms with Crippen molar-refractivity contribution >= 4 is 33.9 Å².